The summed E-state index contributed by atoms with van der Waals surface area (Å²) < 4.78 is 0. The number of benzene rings is 3. The van der Waals surface area contributed by atoms with E-state index in [9.17, 15) is 0 Å². The Morgan fingerprint density at radius 1 is 0.964 bits per heavy atom. The van der Waals surface area contributed by atoms with Crippen LogP contribution in [0.5, 0.6) is 0 Å². The van der Waals surface area contributed by atoms with E-state index in [4.69, 9.17) is 5.41 Å². The minimum Gasteiger partial charge on any atom is -0.316 e. The van der Waals surface area contributed by atoms with Gasteiger partial charge >= 0.3 is 0 Å². The maximum atomic E-state index is 8.82. The van der Waals surface area contributed by atoms with Crippen molar-refractivity contribution in [1.29, 1.82) is 5.41 Å². The lowest BCUT2D eigenvalue weighted by molar-refractivity contribution is 0.733. The largest absolute Gasteiger partial charge is 0.316 e. The molecule has 0 saturated carbocycles. The normalized spacial score (nSPS) is 13.0. The van der Waals surface area contributed by atoms with Crippen molar-refractivity contribution in [2.75, 3.05) is 23.9 Å². The SMILES string of the molecule is CCC(C)c1cccc(N(C)C(=N)N(C)c2ccc3cccc4c3c2C=C4)c1. The Kier molecular flexibility index (Phi) is 4.68. The third-order valence-electron chi connectivity index (χ3n) is 5.96. The van der Waals surface area contributed by atoms with Gasteiger partial charge in [0, 0.05) is 25.3 Å². The van der Waals surface area contributed by atoms with E-state index in [1.165, 1.54) is 27.5 Å². The van der Waals surface area contributed by atoms with E-state index in [2.05, 4.69) is 80.6 Å². The lowest BCUT2D eigenvalue weighted by Crippen LogP contribution is -2.40. The van der Waals surface area contributed by atoms with Crippen LogP contribution < -0.4 is 9.80 Å². The molecular formula is C25H27N3. The fraction of sp³-hybridized carbons (Fsp3) is 0.240. The zero-order valence-electron chi connectivity index (χ0n) is 17.0. The molecule has 4 rings (SSSR count). The summed E-state index contributed by atoms with van der Waals surface area (Å²) in [5.41, 5.74) is 5.87. The second-order valence-electron chi connectivity index (χ2n) is 7.62. The van der Waals surface area contributed by atoms with Crippen LogP contribution in [0.2, 0.25) is 0 Å². The average molecular weight is 370 g/mol. The molecule has 0 heterocycles. The Hall–Kier alpha value is -3.07. The fourth-order valence-electron chi connectivity index (χ4n) is 3.94. The topological polar surface area (TPSA) is 30.3 Å². The number of anilines is 2. The molecule has 0 fully saturated rings. The first-order valence-corrected chi connectivity index (χ1v) is 9.91. The molecule has 0 bridgehead atoms. The zero-order chi connectivity index (χ0) is 19.8. The van der Waals surface area contributed by atoms with E-state index in [1.54, 1.807) is 0 Å². The van der Waals surface area contributed by atoms with Crippen LogP contribution in [0.4, 0.5) is 11.4 Å². The number of guanidine groups is 1. The van der Waals surface area contributed by atoms with Crippen molar-refractivity contribution in [3.8, 4) is 0 Å². The third-order valence-corrected chi connectivity index (χ3v) is 5.96. The molecule has 0 saturated heterocycles. The zero-order valence-corrected chi connectivity index (χ0v) is 17.0. The Labute approximate surface area is 167 Å². The van der Waals surface area contributed by atoms with Crippen LogP contribution in [0.1, 0.15) is 42.9 Å². The summed E-state index contributed by atoms with van der Waals surface area (Å²) in [6.07, 6.45) is 5.44. The summed E-state index contributed by atoms with van der Waals surface area (Å²) >= 11 is 0. The molecule has 0 amide bonds. The van der Waals surface area contributed by atoms with Gasteiger partial charge in [0.25, 0.3) is 0 Å². The van der Waals surface area contributed by atoms with Gasteiger partial charge in [-0.05, 0) is 52.4 Å². The van der Waals surface area contributed by atoms with Crippen molar-refractivity contribution in [3.63, 3.8) is 0 Å². The quantitative estimate of drug-likeness (QED) is 0.336. The Morgan fingerprint density at radius 3 is 2.54 bits per heavy atom. The van der Waals surface area contributed by atoms with Gasteiger partial charge in [0.2, 0.25) is 5.96 Å². The summed E-state index contributed by atoms with van der Waals surface area (Å²) in [6, 6.07) is 19.2. The molecule has 0 spiro atoms. The molecule has 142 valence electrons. The van der Waals surface area contributed by atoms with Crippen LogP contribution in [0, 0.1) is 5.41 Å². The second kappa shape index (κ2) is 7.16. The maximum absolute atomic E-state index is 8.82. The van der Waals surface area contributed by atoms with E-state index < -0.39 is 0 Å². The van der Waals surface area contributed by atoms with Crippen molar-refractivity contribution in [2.45, 2.75) is 26.2 Å². The van der Waals surface area contributed by atoms with Gasteiger partial charge in [0.05, 0.1) is 5.69 Å². The summed E-state index contributed by atoms with van der Waals surface area (Å²) in [4.78, 5) is 3.92. The molecule has 1 aliphatic carbocycles. The average Bonchev–Trinajstić information content (AvgIpc) is 3.18. The number of nitrogens with zero attached hydrogens (tertiary/aromatic N) is 2. The molecule has 0 aromatic heterocycles. The van der Waals surface area contributed by atoms with Crippen LogP contribution in [-0.4, -0.2) is 20.1 Å². The molecule has 0 aliphatic heterocycles. The van der Waals surface area contributed by atoms with Crippen LogP contribution in [-0.2, 0) is 0 Å². The molecule has 1 N–H and O–H groups in total. The van der Waals surface area contributed by atoms with E-state index in [-0.39, 0.29) is 0 Å². The minimum atomic E-state index is 0.453. The number of rotatable bonds is 4. The van der Waals surface area contributed by atoms with Gasteiger partial charge < -0.3 is 9.80 Å². The van der Waals surface area contributed by atoms with Crippen molar-refractivity contribution in [2.24, 2.45) is 0 Å². The van der Waals surface area contributed by atoms with Gasteiger partial charge in [-0.2, -0.15) is 0 Å². The fourth-order valence-corrected chi connectivity index (χ4v) is 3.94. The van der Waals surface area contributed by atoms with Crippen LogP contribution >= 0.6 is 0 Å². The number of nitrogens with one attached hydrogen (secondary N) is 1. The van der Waals surface area contributed by atoms with E-state index in [1.807, 2.05) is 23.9 Å². The van der Waals surface area contributed by atoms with Gasteiger partial charge in [-0.15, -0.1) is 0 Å². The first kappa shape index (κ1) is 18.3. The monoisotopic (exact) mass is 369 g/mol. The van der Waals surface area contributed by atoms with Crippen molar-refractivity contribution < 1.29 is 0 Å². The first-order chi connectivity index (χ1) is 13.5. The Bertz CT molecular complexity index is 1080. The van der Waals surface area contributed by atoms with Gasteiger partial charge in [0.15, 0.2) is 0 Å². The first-order valence-electron chi connectivity index (χ1n) is 9.91. The summed E-state index contributed by atoms with van der Waals surface area (Å²) in [6.45, 7) is 4.46. The second-order valence-corrected chi connectivity index (χ2v) is 7.62. The summed E-state index contributed by atoms with van der Waals surface area (Å²) in [5.74, 6) is 0.972. The molecule has 1 aliphatic rings. The van der Waals surface area contributed by atoms with Crippen LogP contribution in [0.25, 0.3) is 22.9 Å². The molecule has 0 radical (unpaired) electrons. The molecule has 3 aromatic carbocycles. The van der Waals surface area contributed by atoms with Crippen molar-refractivity contribution >= 4 is 40.3 Å². The molecular weight excluding hydrogens is 342 g/mol. The number of hydrogen-bond acceptors (Lipinski definition) is 1. The smallest absolute Gasteiger partial charge is 0.202 e. The highest BCUT2D eigenvalue weighted by Gasteiger charge is 2.20. The number of hydrogen-bond donors (Lipinski definition) is 1. The van der Waals surface area contributed by atoms with Gasteiger partial charge in [-0.1, -0.05) is 62.4 Å². The molecule has 3 heteroatoms. The van der Waals surface area contributed by atoms with Crippen molar-refractivity contribution in [3.05, 3.63) is 71.3 Å². The lowest BCUT2D eigenvalue weighted by atomic mass is 9.98. The standard InChI is InChI=1S/C25H27N3/c1-5-17(2)20-10-7-11-21(16-20)27(3)25(26)28(4)23-15-13-19-9-6-8-18-12-14-22(23)24(18)19/h6-17,26H,5H2,1-4H3. The Morgan fingerprint density at radius 2 is 1.75 bits per heavy atom. The lowest BCUT2D eigenvalue weighted by Gasteiger charge is -2.30. The van der Waals surface area contributed by atoms with E-state index >= 15 is 0 Å². The minimum absolute atomic E-state index is 0.453. The maximum Gasteiger partial charge on any atom is 0.202 e. The highest BCUT2D eigenvalue weighted by atomic mass is 15.3. The molecule has 3 aromatic rings. The molecule has 3 nitrogen and oxygen atoms in total. The predicted octanol–water partition coefficient (Wildman–Crippen LogP) is 6.34. The molecule has 28 heavy (non-hydrogen) atoms. The third kappa shape index (κ3) is 2.97. The summed E-state index contributed by atoms with van der Waals surface area (Å²) in [7, 11) is 3.94. The van der Waals surface area contributed by atoms with Crippen molar-refractivity contribution in [1.82, 2.24) is 0 Å². The van der Waals surface area contributed by atoms with Gasteiger partial charge in [0.1, 0.15) is 0 Å². The summed E-state index contributed by atoms with van der Waals surface area (Å²) in [5, 5.41) is 11.3. The Balaban J connectivity index is 1.66. The van der Waals surface area contributed by atoms with Gasteiger partial charge in [-0.25, -0.2) is 0 Å². The highest BCUT2D eigenvalue weighted by Crippen LogP contribution is 2.37. The van der Waals surface area contributed by atoms with E-state index in [0.717, 1.165) is 17.8 Å². The van der Waals surface area contributed by atoms with Crippen LogP contribution in [0.15, 0.2) is 54.6 Å². The highest BCUT2D eigenvalue weighted by molar-refractivity contribution is 6.12. The van der Waals surface area contributed by atoms with Gasteiger partial charge in [-0.3, -0.25) is 5.41 Å². The van der Waals surface area contributed by atoms with E-state index in [0.29, 0.717) is 11.9 Å². The molecule has 1 atom stereocenters. The van der Waals surface area contributed by atoms with Crippen LogP contribution in [0.3, 0.4) is 0 Å². The molecule has 1 unspecified atom stereocenters. The predicted molar refractivity (Wildman–Crippen MR) is 123 cm³/mol.